The highest BCUT2D eigenvalue weighted by Crippen LogP contribution is 2.16. The van der Waals surface area contributed by atoms with E-state index in [4.69, 9.17) is 5.73 Å². The minimum atomic E-state index is -3.37. The molecule has 0 unspecified atom stereocenters. The highest BCUT2D eigenvalue weighted by Gasteiger charge is 2.20. The van der Waals surface area contributed by atoms with Crippen LogP contribution in [0.1, 0.15) is 19.4 Å². The summed E-state index contributed by atoms with van der Waals surface area (Å²) in [6, 6.07) is 6.70. The zero-order chi connectivity index (χ0) is 13.1. The third-order valence-corrected chi connectivity index (χ3v) is 4.33. The minimum Gasteiger partial charge on any atom is -0.326 e. The third kappa shape index (κ3) is 3.52. The Morgan fingerprint density at radius 3 is 2.18 bits per heavy atom. The van der Waals surface area contributed by atoms with Crippen molar-refractivity contribution < 1.29 is 8.42 Å². The molecular weight excluding hydrogens is 236 g/mol. The molecule has 1 rings (SSSR count). The van der Waals surface area contributed by atoms with Gasteiger partial charge >= 0.3 is 0 Å². The molecule has 0 radical (unpaired) electrons. The Morgan fingerprint density at radius 2 is 1.76 bits per heavy atom. The van der Waals surface area contributed by atoms with Gasteiger partial charge in [-0.05, 0) is 23.6 Å². The van der Waals surface area contributed by atoms with Gasteiger partial charge in [-0.25, -0.2) is 12.7 Å². The van der Waals surface area contributed by atoms with Crippen molar-refractivity contribution in [1.82, 2.24) is 4.31 Å². The van der Waals surface area contributed by atoms with Gasteiger partial charge in [0, 0.05) is 20.1 Å². The number of sulfonamides is 1. The third-order valence-electron chi connectivity index (χ3n) is 2.49. The predicted octanol–water partition coefficient (Wildman–Crippen LogP) is 1.42. The maximum Gasteiger partial charge on any atom is 0.242 e. The molecule has 1 aromatic carbocycles. The first-order valence-electron chi connectivity index (χ1n) is 5.63. The Balaban J connectivity index is 2.96. The SMILES string of the molecule is CC(C)CN(C)S(=O)(=O)c1ccc(CN)cc1. The molecule has 5 heteroatoms. The molecule has 0 atom stereocenters. The molecule has 0 saturated carbocycles. The van der Waals surface area contributed by atoms with Gasteiger partial charge in [-0.1, -0.05) is 26.0 Å². The summed E-state index contributed by atoms with van der Waals surface area (Å²) in [6.45, 7) is 4.91. The van der Waals surface area contributed by atoms with Gasteiger partial charge in [-0.3, -0.25) is 0 Å². The molecule has 0 bridgehead atoms. The summed E-state index contributed by atoms with van der Waals surface area (Å²) in [7, 11) is -1.76. The van der Waals surface area contributed by atoms with E-state index in [0.29, 0.717) is 23.9 Å². The molecule has 17 heavy (non-hydrogen) atoms. The molecule has 0 aliphatic carbocycles. The lowest BCUT2D eigenvalue weighted by Gasteiger charge is -2.19. The van der Waals surface area contributed by atoms with Crippen LogP contribution < -0.4 is 5.73 Å². The van der Waals surface area contributed by atoms with Gasteiger partial charge in [0.1, 0.15) is 0 Å². The normalized spacial score (nSPS) is 12.4. The van der Waals surface area contributed by atoms with Crippen LogP contribution in [0.2, 0.25) is 0 Å². The first kappa shape index (κ1) is 14.2. The second-order valence-corrected chi connectivity index (χ2v) is 6.57. The van der Waals surface area contributed by atoms with Crippen LogP contribution in [0.3, 0.4) is 0 Å². The smallest absolute Gasteiger partial charge is 0.242 e. The summed E-state index contributed by atoms with van der Waals surface area (Å²) in [4.78, 5) is 0.317. The predicted molar refractivity (Wildman–Crippen MR) is 69.0 cm³/mol. The summed E-state index contributed by atoms with van der Waals surface area (Å²) >= 11 is 0. The molecule has 0 amide bonds. The van der Waals surface area contributed by atoms with Gasteiger partial charge in [-0.15, -0.1) is 0 Å². The van der Waals surface area contributed by atoms with Crippen molar-refractivity contribution in [3.8, 4) is 0 Å². The summed E-state index contributed by atoms with van der Waals surface area (Å²) in [5, 5.41) is 0. The van der Waals surface area contributed by atoms with Crippen molar-refractivity contribution in [1.29, 1.82) is 0 Å². The zero-order valence-electron chi connectivity index (χ0n) is 10.6. The van der Waals surface area contributed by atoms with E-state index in [1.807, 2.05) is 13.8 Å². The fourth-order valence-corrected chi connectivity index (χ4v) is 2.92. The topological polar surface area (TPSA) is 63.4 Å². The van der Waals surface area contributed by atoms with E-state index >= 15 is 0 Å². The molecule has 1 aromatic rings. The Kier molecular flexibility index (Phi) is 4.68. The van der Waals surface area contributed by atoms with E-state index in [1.165, 1.54) is 4.31 Å². The summed E-state index contributed by atoms with van der Waals surface area (Å²) in [5.41, 5.74) is 6.40. The lowest BCUT2D eigenvalue weighted by molar-refractivity contribution is 0.417. The van der Waals surface area contributed by atoms with Crippen LogP contribution in [0, 0.1) is 5.92 Å². The van der Waals surface area contributed by atoms with Crippen LogP contribution in [0.15, 0.2) is 29.2 Å². The second-order valence-electron chi connectivity index (χ2n) is 4.53. The highest BCUT2D eigenvalue weighted by atomic mass is 32.2. The van der Waals surface area contributed by atoms with Crippen LogP contribution >= 0.6 is 0 Å². The molecule has 0 aliphatic heterocycles. The monoisotopic (exact) mass is 256 g/mol. The van der Waals surface area contributed by atoms with Crippen molar-refractivity contribution in [3.63, 3.8) is 0 Å². The van der Waals surface area contributed by atoms with Crippen LogP contribution in [0.4, 0.5) is 0 Å². The second kappa shape index (κ2) is 5.62. The molecule has 4 nitrogen and oxygen atoms in total. The van der Waals surface area contributed by atoms with Crippen molar-refractivity contribution in [2.75, 3.05) is 13.6 Å². The summed E-state index contributed by atoms with van der Waals surface area (Å²) in [6.07, 6.45) is 0. The quantitative estimate of drug-likeness (QED) is 0.866. The maximum atomic E-state index is 12.2. The maximum absolute atomic E-state index is 12.2. The Hall–Kier alpha value is -0.910. The van der Waals surface area contributed by atoms with Gasteiger partial charge in [0.05, 0.1) is 4.90 Å². The van der Waals surface area contributed by atoms with Gasteiger partial charge in [0.15, 0.2) is 0 Å². The lowest BCUT2D eigenvalue weighted by atomic mass is 10.2. The first-order chi connectivity index (χ1) is 7.87. The largest absolute Gasteiger partial charge is 0.326 e. The number of hydrogen-bond donors (Lipinski definition) is 1. The highest BCUT2D eigenvalue weighted by molar-refractivity contribution is 7.89. The van der Waals surface area contributed by atoms with Crippen LogP contribution in [-0.2, 0) is 16.6 Å². The number of benzene rings is 1. The van der Waals surface area contributed by atoms with E-state index in [1.54, 1.807) is 31.3 Å². The Labute approximate surface area is 103 Å². The molecular formula is C12H20N2O2S. The average Bonchev–Trinajstić information content (AvgIpc) is 2.28. The number of nitrogens with two attached hydrogens (primary N) is 1. The van der Waals surface area contributed by atoms with Gasteiger partial charge in [0.25, 0.3) is 0 Å². The molecule has 0 fully saturated rings. The number of rotatable bonds is 5. The van der Waals surface area contributed by atoms with Gasteiger partial charge < -0.3 is 5.73 Å². The summed E-state index contributed by atoms with van der Waals surface area (Å²) < 4.78 is 25.7. The van der Waals surface area contributed by atoms with E-state index in [0.717, 1.165) is 5.56 Å². The van der Waals surface area contributed by atoms with Crippen molar-refractivity contribution in [3.05, 3.63) is 29.8 Å². The Morgan fingerprint density at radius 1 is 1.24 bits per heavy atom. The molecule has 0 aromatic heterocycles. The van der Waals surface area contributed by atoms with E-state index in [-0.39, 0.29) is 0 Å². The van der Waals surface area contributed by atoms with E-state index < -0.39 is 10.0 Å². The fourth-order valence-electron chi connectivity index (χ4n) is 1.59. The fraction of sp³-hybridized carbons (Fsp3) is 0.500. The van der Waals surface area contributed by atoms with Crippen molar-refractivity contribution >= 4 is 10.0 Å². The van der Waals surface area contributed by atoms with Crippen LogP contribution in [-0.4, -0.2) is 26.3 Å². The number of nitrogens with zero attached hydrogens (tertiary/aromatic N) is 1. The molecule has 96 valence electrons. The zero-order valence-corrected chi connectivity index (χ0v) is 11.4. The van der Waals surface area contributed by atoms with Crippen molar-refractivity contribution in [2.24, 2.45) is 11.7 Å². The van der Waals surface area contributed by atoms with E-state index in [9.17, 15) is 8.42 Å². The molecule has 0 saturated heterocycles. The average molecular weight is 256 g/mol. The lowest BCUT2D eigenvalue weighted by Crippen LogP contribution is -2.30. The summed E-state index contributed by atoms with van der Waals surface area (Å²) in [5.74, 6) is 0.304. The molecule has 0 aliphatic rings. The van der Waals surface area contributed by atoms with Crippen LogP contribution in [0.5, 0.6) is 0 Å². The molecule has 0 spiro atoms. The minimum absolute atomic E-state index is 0.304. The Bertz CT molecular complexity index is 452. The molecule has 0 heterocycles. The first-order valence-corrected chi connectivity index (χ1v) is 7.07. The molecule has 2 N–H and O–H groups in total. The van der Waals surface area contributed by atoms with E-state index in [2.05, 4.69) is 0 Å². The number of hydrogen-bond acceptors (Lipinski definition) is 3. The van der Waals surface area contributed by atoms with Gasteiger partial charge in [0.2, 0.25) is 10.0 Å². The standard InChI is InChI=1S/C12H20N2O2S/c1-10(2)9-14(3)17(15,16)12-6-4-11(8-13)5-7-12/h4-7,10H,8-9,13H2,1-3H3. The van der Waals surface area contributed by atoms with Crippen molar-refractivity contribution in [2.45, 2.75) is 25.3 Å². The van der Waals surface area contributed by atoms with Crippen LogP contribution in [0.25, 0.3) is 0 Å². The van der Waals surface area contributed by atoms with Gasteiger partial charge in [-0.2, -0.15) is 0 Å².